The van der Waals surface area contributed by atoms with Crippen LogP contribution in [0.15, 0.2) is 41.0 Å². The predicted octanol–water partition coefficient (Wildman–Crippen LogP) is 2.40. The molecule has 1 fully saturated rings. The number of carbonyl (C=O) groups excluding carboxylic acids is 2. The number of amides is 2. The normalized spacial score (nSPS) is 18.0. The third-order valence-electron chi connectivity index (χ3n) is 5.52. The molecule has 0 bridgehead atoms. The fourth-order valence-electron chi connectivity index (χ4n) is 3.79. The molecule has 2 aromatic rings. The van der Waals surface area contributed by atoms with Gasteiger partial charge < -0.3 is 24.1 Å². The van der Waals surface area contributed by atoms with Crippen LogP contribution in [0.25, 0.3) is 0 Å². The van der Waals surface area contributed by atoms with Crippen molar-refractivity contribution in [2.24, 2.45) is 0 Å². The minimum atomic E-state index is -0.509. The molecule has 1 saturated heterocycles. The van der Waals surface area contributed by atoms with Crippen LogP contribution in [0.2, 0.25) is 0 Å². The summed E-state index contributed by atoms with van der Waals surface area (Å²) in [7, 11) is 1.58. The predicted molar refractivity (Wildman–Crippen MR) is 102 cm³/mol. The average Bonchev–Trinajstić information content (AvgIpc) is 3.20. The van der Waals surface area contributed by atoms with E-state index in [1.54, 1.807) is 31.6 Å². The monoisotopic (exact) mass is 384 g/mol. The Labute approximate surface area is 163 Å². The van der Waals surface area contributed by atoms with E-state index in [1.165, 1.54) is 0 Å². The lowest BCUT2D eigenvalue weighted by Crippen LogP contribution is -2.54. The smallest absolute Gasteiger partial charge is 0.255 e. The van der Waals surface area contributed by atoms with Gasteiger partial charge in [0.2, 0.25) is 5.91 Å². The number of nitrogens with one attached hydrogen (secondary N) is 1. The van der Waals surface area contributed by atoms with E-state index >= 15 is 0 Å². The number of rotatable bonds is 4. The SMILES string of the molecule is COc1ccc2c(c1)OC1(CCN(C(=O)CCc3ccco3)CC1)CNC2=O. The number of benzene rings is 1. The van der Waals surface area contributed by atoms with Gasteiger partial charge in [-0.15, -0.1) is 0 Å². The summed E-state index contributed by atoms with van der Waals surface area (Å²) >= 11 is 0. The summed E-state index contributed by atoms with van der Waals surface area (Å²) in [6, 6.07) is 8.93. The molecule has 28 heavy (non-hydrogen) atoms. The number of hydrogen-bond donors (Lipinski definition) is 1. The molecule has 0 radical (unpaired) electrons. The Morgan fingerprint density at radius 3 is 2.82 bits per heavy atom. The molecule has 1 aromatic heterocycles. The summed E-state index contributed by atoms with van der Waals surface area (Å²) in [5, 5.41) is 2.97. The van der Waals surface area contributed by atoms with Gasteiger partial charge in [0.05, 0.1) is 25.5 Å². The van der Waals surface area contributed by atoms with Crippen molar-refractivity contribution in [3.63, 3.8) is 0 Å². The first kappa shape index (κ1) is 18.4. The Morgan fingerprint density at radius 2 is 2.11 bits per heavy atom. The molecule has 2 aliphatic heterocycles. The number of hydrogen-bond acceptors (Lipinski definition) is 5. The van der Waals surface area contributed by atoms with E-state index in [4.69, 9.17) is 13.9 Å². The van der Waals surface area contributed by atoms with Crippen molar-refractivity contribution in [1.29, 1.82) is 0 Å². The van der Waals surface area contributed by atoms with Crippen LogP contribution in [0, 0.1) is 0 Å². The second-order valence-corrected chi connectivity index (χ2v) is 7.29. The lowest BCUT2D eigenvalue weighted by Gasteiger charge is -2.41. The van der Waals surface area contributed by atoms with E-state index < -0.39 is 5.60 Å². The molecule has 3 heterocycles. The van der Waals surface area contributed by atoms with Crippen molar-refractivity contribution in [1.82, 2.24) is 10.2 Å². The number of carbonyl (C=O) groups is 2. The molecule has 0 saturated carbocycles. The summed E-state index contributed by atoms with van der Waals surface area (Å²) in [5.41, 5.74) is 0.0000525. The van der Waals surface area contributed by atoms with Gasteiger partial charge >= 0.3 is 0 Å². The molecule has 4 rings (SSSR count). The van der Waals surface area contributed by atoms with Gasteiger partial charge in [-0.3, -0.25) is 9.59 Å². The summed E-state index contributed by atoms with van der Waals surface area (Å²) in [4.78, 5) is 26.8. The number of likely N-dealkylation sites (tertiary alicyclic amines) is 1. The third-order valence-corrected chi connectivity index (χ3v) is 5.52. The van der Waals surface area contributed by atoms with Crippen molar-refractivity contribution in [3.05, 3.63) is 47.9 Å². The van der Waals surface area contributed by atoms with Crippen LogP contribution in [-0.4, -0.2) is 49.1 Å². The summed E-state index contributed by atoms with van der Waals surface area (Å²) in [6.07, 6.45) is 3.98. The molecule has 0 unspecified atom stereocenters. The Hall–Kier alpha value is -2.96. The van der Waals surface area contributed by atoms with Gasteiger partial charge in [-0.25, -0.2) is 0 Å². The van der Waals surface area contributed by atoms with Crippen molar-refractivity contribution < 1.29 is 23.5 Å². The maximum atomic E-state index is 12.5. The molecule has 2 amide bonds. The average molecular weight is 384 g/mol. The van der Waals surface area contributed by atoms with Gasteiger partial charge in [0, 0.05) is 44.8 Å². The maximum absolute atomic E-state index is 12.5. The van der Waals surface area contributed by atoms with Crippen molar-refractivity contribution in [2.45, 2.75) is 31.3 Å². The molecule has 2 aliphatic rings. The minimum absolute atomic E-state index is 0.117. The van der Waals surface area contributed by atoms with Gasteiger partial charge in [-0.1, -0.05) is 0 Å². The van der Waals surface area contributed by atoms with Gasteiger partial charge in [0.15, 0.2) is 0 Å². The van der Waals surface area contributed by atoms with Gasteiger partial charge in [0.1, 0.15) is 22.9 Å². The fraction of sp³-hybridized carbons (Fsp3) is 0.429. The third kappa shape index (κ3) is 3.69. The molecule has 7 nitrogen and oxygen atoms in total. The van der Waals surface area contributed by atoms with E-state index in [0.29, 0.717) is 62.4 Å². The van der Waals surface area contributed by atoms with E-state index in [0.717, 1.165) is 5.76 Å². The highest BCUT2D eigenvalue weighted by molar-refractivity contribution is 5.97. The first-order chi connectivity index (χ1) is 13.6. The number of nitrogens with zero attached hydrogens (tertiary/aromatic N) is 1. The number of piperidine rings is 1. The van der Waals surface area contributed by atoms with Crippen LogP contribution in [0.1, 0.15) is 35.4 Å². The molecular weight excluding hydrogens is 360 g/mol. The fourth-order valence-corrected chi connectivity index (χ4v) is 3.79. The zero-order valence-corrected chi connectivity index (χ0v) is 15.9. The quantitative estimate of drug-likeness (QED) is 0.876. The van der Waals surface area contributed by atoms with Crippen LogP contribution in [0.4, 0.5) is 0 Å². The number of methoxy groups -OCH3 is 1. The molecule has 0 atom stereocenters. The van der Waals surface area contributed by atoms with E-state index in [2.05, 4.69) is 5.32 Å². The zero-order chi connectivity index (χ0) is 19.6. The van der Waals surface area contributed by atoms with E-state index in [9.17, 15) is 9.59 Å². The number of fused-ring (bicyclic) bond motifs is 1. The van der Waals surface area contributed by atoms with Crippen molar-refractivity contribution in [3.8, 4) is 11.5 Å². The standard InChI is InChI=1S/C21H24N2O5/c1-26-16-4-6-17-18(13-16)28-21(14-22-20(17)25)8-10-23(11-9-21)19(24)7-5-15-3-2-12-27-15/h2-4,6,12-13H,5,7-11,14H2,1H3,(H,22,25). The van der Waals surface area contributed by atoms with Crippen molar-refractivity contribution in [2.75, 3.05) is 26.7 Å². The summed E-state index contributed by atoms with van der Waals surface area (Å²) < 4.78 is 16.9. The molecular formula is C21H24N2O5. The summed E-state index contributed by atoms with van der Waals surface area (Å²) in [6.45, 7) is 1.63. The van der Waals surface area contributed by atoms with Crippen LogP contribution >= 0.6 is 0 Å². The molecule has 148 valence electrons. The number of furan rings is 1. The number of ether oxygens (including phenoxy) is 2. The molecule has 1 N–H and O–H groups in total. The molecule has 1 spiro atoms. The topological polar surface area (TPSA) is 81.0 Å². The number of aryl methyl sites for hydroxylation is 1. The lowest BCUT2D eigenvalue weighted by atomic mass is 9.90. The first-order valence-corrected chi connectivity index (χ1v) is 9.54. The zero-order valence-electron chi connectivity index (χ0n) is 15.9. The molecule has 1 aromatic carbocycles. The minimum Gasteiger partial charge on any atom is -0.497 e. The Kier molecular flexibility index (Phi) is 4.98. The Balaban J connectivity index is 1.41. The lowest BCUT2D eigenvalue weighted by molar-refractivity contribution is -0.134. The summed E-state index contributed by atoms with van der Waals surface area (Å²) in [5.74, 6) is 1.97. The van der Waals surface area contributed by atoms with Gasteiger partial charge in [-0.2, -0.15) is 0 Å². The van der Waals surface area contributed by atoms with Gasteiger partial charge in [-0.05, 0) is 24.3 Å². The largest absolute Gasteiger partial charge is 0.497 e. The van der Waals surface area contributed by atoms with Crippen molar-refractivity contribution >= 4 is 11.8 Å². The highest BCUT2D eigenvalue weighted by Gasteiger charge is 2.41. The second kappa shape index (κ2) is 7.58. The van der Waals surface area contributed by atoms with Crippen LogP contribution < -0.4 is 14.8 Å². The molecule has 7 heteroatoms. The maximum Gasteiger partial charge on any atom is 0.255 e. The second-order valence-electron chi connectivity index (χ2n) is 7.29. The van der Waals surface area contributed by atoms with E-state index in [1.807, 2.05) is 17.0 Å². The van der Waals surface area contributed by atoms with Crippen LogP contribution in [-0.2, 0) is 11.2 Å². The molecule has 0 aliphatic carbocycles. The Morgan fingerprint density at radius 1 is 1.29 bits per heavy atom. The van der Waals surface area contributed by atoms with E-state index in [-0.39, 0.29) is 11.8 Å². The van der Waals surface area contributed by atoms with Gasteiger partial charge in [0.25, 0.3) is 5.91 Å². The van der Waals surface area contributed by atoms with Crippen LogP contribution in [0.5, 0.6) is 11.5 Å². The Bertz CT molecular complexity index is 854. The van der Waals surface area contributed by atoms with Crippen LogP contribution in [0.3, 0.4) is 0 Å². The highest BCUT2D eigenvalue weighted by Crippen LogP contribution is 2.35. The first-order valence-electron chi connectivity index (χ1n) is 9.54. The highest BCUT2D eigenvalue weighted by atomic mass is 16.5.